The van der Waals surface area contributed by atoms with Crippen LogP contribution in [-0.2, 0) is 10.3 Å². The van der Waals surface area contributed by atoms with Gasteiger partial charge in [-0.15, -0.1) is 0 Å². The maximum Gasteiger partial charge on any atom is 0.283 e. The van der Waals surface area contributed by atoms with Crippen molar-refractivity contribution in [1.29, 1.82) is 0 Å². The van der Waals surface area contributed by atoms with Gasteiger partial charge in [0.05, 0.1) is 0 Å². The second-order valence-electron chi connectivity index (χ2n) is 4.35. The fourth-order valence-electron chi connectivity index (χ4n) is 2.02. The third-order valence-corrected chi connectivity index (χ3v) is 3.13. The normalized spacial score (nSPS) is 25.8. The van der Waals surface area contributed by atoms with E-state index < -0.39 is 48.3 Å². The lowest BCUT2D eigenvalue weighted by Gasteiger charge is -2.34. The van der Waals surface area contributed by atoms with Crippen LogP contribution in [0.5, 0.6) is 0 Å². The van der Waals surface area contributed by atoms with Crippen LogP contribution in [0.2, 0.25) is 0 Å². The summed E-state index contributed by atoms with van der Waals surface area (Å²) in [5, 5.41) is 0. The van der Waals surface area contributed by atoms with Crippen molar-refractivity contribution in [2.45, 2.75) is 11.7 Å². The van der Waals surface area contributed by atoms with Crippen molar-refractivity contribution in [3.63, 3.8) is 0 Å². The zero-order chi connectivity index (χ0) is 14.9. The zero-order valence-electron chi connectivity index (χ0n) is 10.3. The third kappa shape index (κ3) is 2.17. The number of ether oxygens (including phenoxy) is 1. The quantitative estimate of drug-likeness (QED) is 0.860. The van der Waals surface area contributed by atoms with E-state index in [4.69, 9.17) is 11.5 Å². The van der Waals surface area contributed by atoms with Gasteiger partial charge in [-0.2, -0.15) is 0 Å². The molecular weight excluding hydrogens is 275 g/mol. The molecule has 0 aromatic heterocycles. The van der Waals surface area contributed by atoms with Crippen molar-refractivity contribution in [3.8, 4) is 0 Å². The molecule has 5 nitrogen and oxygen atoms in total. The van der Waals surface area contributed by atoms with Crippen LogP contribution < -0.4 is 11.5 Å². The summed E-state index contributed by atoms with van der Waals surface area (Å²) in [6.07, 6.45) is -1.95. The van der Waals surface area contributed by atoms with Crippen LogP contribution in [0.25, 0.3) is 0 Å². The first kappa shape index (κ1) is 14.2. The largest absolute Gasteiger partial charge is 0.462 e. The number of amidine groups is 1. The van der Waals surface area contributed by atoms with Gasteiger partial charge in [-0.25, -0.2) is 18.2 Å². The van der Waals surface area contributed by atoms with E-state index in [1.807, 2.05) is 0 Å². The first-order chi connectivity index (χ1) is 9.40. The molecule has 4 N–H and O–H groups in total. The Hall–Kier alpha value is -2.25. The summed E-state index contributed by atoms with van der Waals surface area (Å²) in [5.41, 5.74) is 7.72. The maximum absolute atomic E-state index is 14.1. The highest BCUT2D eigenvalue weighted by Gasteiger charge is 2.47. The van der Waals surface area contributed by atoms with Crippen molar-refractivity contribution in [1.82, 2.24) is 0 Å². The molecule has 2 atom stereocenters. The molecule has 1 aliphatic heterocycles. The number of benzene rings is 1. The van der Waals surface area contributed by atoms with Crippen molar-refractivity contribution < 1.29 is 22.7 Å². The minimum Gasteiger partial charge on any atom is -0.462 e. The number of hydrogen-bond donors (Lipinski definition) is 2. The summed E-state index contributed by atoms with van der Waals surface area (Å²) < 4.78 is 46.1. The van der Waals surface area contributed by atoms with Crippen molar-refractivity contribution in [2.75, 3.05) is 13.3 Å². The number of carbonyl (C=O) groups is 1. The van der Waals surface area contributed by atoms with Crippen molar-refractivity contribution in [2.24, 2.45) is 16.5 Å². The van der Waals surface area contributed by atoms with Crippen LogP contribution in [-0.4, -0.2) is 31.4 Å². The molecule has 1 amide bonds. The highest BCUT2D eigenvalue weighted by molar-refractivity contribution is 5.93. The van der Waals surface area contributed by atoms with Gasteiger partial charge in [-0.05, 0) is 18.2 Å². The second kappa shape index (κ2) is 5.03. The van der Waals surface area contributed by atoms with E-state index in [0.717, 1.165) is 18.2 Å². The predicted molar refractivity (Wildman–Crippen MR) is 65.0 cm³/mol. The second-order valence-corrected chi connectivity index (χ2v) is 4.35. The SMILES string of the molecule is NC(=O)c1ccc(F)c([C@@]2(CF)N=C(N)OC[C@H]2F)c1. The Bertz CT molecular complexity index is 579. The summed E-state index contributed by atoms with van der Waals surface area (Å²) in [6, 6.07) is 2.56. The van der Waals surface area contributed by atoms with Crippen LogP contribution in [0.15, 0.2) is 23.2 Å². The molecular formula is C12H12F3N3O2. The van der Waals surface area contributed by atoms with E-state index in [9.17, 15) is 18.0 Å². The van der Waals surface area contributed by atoms with Gasteiger partial charge in [0.15, 0.2) is 11.7 Å². The summed E-state index contributed by atoms with van der Waals surface area (Å²) in [4.78, 5) is 14.7. The molecule has 0 fully saturated rings. The van der Waals surface area contributed by atoms with E-state index >= 15 is 0 Å². The van der Waals surface area contributed by atoms with Gasteiger partial charge >= 0.3 is 0 Å². The van der Waals surface area contributed by atoms with Gasteiger partial charge in [0.25, 0.3) is 6.02 Å². The molecule has 1 aliphatic rings. The van der Waals surface area contributed by atoms with E-state index in [2.05, 4.69) is 9.73 Å². The lowest BCUT2D eigenvalue weighted by Crippen LogP contribution is -2.47. The lowest BCUT2D eigenvalue weighted by molar-refractivity contribution is 0.0663. The van der Waals surface area contributed by atoms with Gasteiger partial charge in [0.2, 0.25) is 5.91 Å². The van der Waals surface area contributed by atoms with Crippen LogP contribution >= 0.6 is 0 Å². The number of primary amides is 1. The number of aliphatic imine (C=N–C) groups is 1. The summed E-state index contributed by atoms with van der Waals surface area (Å²) in [5.74, 6) is -1.76. The van der Waals surface area contributed by atoms with Crippen LogP contribution in [0.3, 0.4) is 0 Å². The number of nitrogens with zero attached hydrogens (tertiary/aromatic N) is 1. The first-order valence-electron chi connectivity index (χ1n) is 5.68. The topological polar surface area (TPSA) is 90.7 Å². The highest BCUT2D eigenvalue weighted by atomic mass is 19.1. The fraction of sp³-hybridized carbons (Fsp3) is 0.333. The molecule has 8 heteroatoms. The third-order valence-electron chi connectivity index (χ3n) is 3.13. The molecule has 0 saturated carbocycles. The molecule has 1 aromatic carbocycles. The number of nitrogens with two attached hydrogens (primary N) is 2. The summed E-state index contributed by atoms with van der Waals surface area (Å²) >= 11 is 0. The highest BCUT2D eigenvalue weighted by Crippen LogP contribution is 2.37. The Labute approximate surface area is 112 Å². The standard InChI is InChI=1S/C12H12F3N3O2/c13-5-12(9(15)4-20-11(17)18-12)7-3-6(10(16)19)1-2-8(7)14/h1-3,9H,4-5H2,(H2,16,19)(H2,17,18)/t9-,12-/m1/s1. The minimum absolute atomic E-state index is 0.0818. The molecule has 1 heterocycles. The number of alkyl halides is 2. The monoisotopic (exact) mass is 287 g/mol. The smallest absolute Gasteiger partial charge is 0.283 e. The Morgan fingerprint density at radius 2 is 2.25 bits per heavy atom. The van der Waals surface area contributed by atoms with Gasteiger partial charge < -0.3 is 16.2 Å². The Morgan fingerprint density at radius 1 is 1.55 bits per heavy atom. The summed E-state index contributed by atoms with van der Waals surface area (Å²) in [7, 11) is 0. The lowest BCUT2D eigenvalue weighted by atomic mass is 9.85. The molecule has 0 spiro atoms. The van der Waals surface area contributed by atoms with E-state index in [1.165, 1.54) is 0 Å². The number of carbonyl (C=O) groups excluding carboxylic acids is 1. The number of halogens is 3. The average molecular weight is 287 g/mol. The molecule has 0 radical (unpaired) electrons. The molecule has 0 unspecified atom stereocenters. The average Bonchev–Trinajstić information content (AvgIpc) is 2.42. The van der Waals surface area contributed by atoms with E-state index in [-0.39, 0.29) is 5.56 Å². The Kier molecular flexibility index (Phi) is 3.56. The summed E-state index contributed by atoms with van der Waals surface area (Å²) in [6.45, 7) is -1.89. The first-order valence-corrected chi connectivity index (χ1v) is 5.68. The Morgan fingerprint density at radius 3 is 2.85 bits per heavy atom. The molecule has 20 heavy (non-hydrogen) atoms. The molecule has 108 valence electrons. The van der Waals surface area contributed by atoms with Crippen molar-refractivity contribution >= 4 is 11.9 Å². The Balaban J connectivity index is 2.64. The van der Waals surface area contributed by atoms with Crippen LogP contribution in [0, 0.1) is 5.82 Å². The minimum atomic E-state index is -2.17. The number of hydrogen-bond acceptors (Lipinski definition) is 4. The number of rotatable bonds is 3. The predicted octanol–water partition coefficient (Wildman–Crippen LogP) is 0.772. The van der Waals surface area contributed by atoms with Crippen molar-refractivity contribution in [3.05, 3.63) is 35.1 Å². The van der Waals surface area contributed by atoms with Gasteiger partial charge in [-0.1, -0.05) is 0 Å². The van der Waals surface area contributed by atoms with Crippen LogP contribution in [0.4, 0.5) is 13.2 Å². The van der Waals surface area contributed by atoms with Gasteiger partial charge in [0.1, 0.15) is 19.1 Å². The van der Waals surface area contributed by atoms with E-state index in [0.29, 0.717) is 0 Å². The van der Waals surface area contributed by atoms with E-state index in [1.54, 1.807) is 0 Å². The molecule has 0 bridgehead atoms. The molecule has 2 rings (SSSR count). The maximum atomic E-state index is 14.1. The number of amides is 1. The zero-order valence-corrected chi connectivity index (χ0v) is 10.3. The molecule has 0 aliphatic carbocycles. The van der Waals surface area contributed by atoms with Crippen LogP contribution in [0.1, 0.15) is 15.9 Å². The molecule has 0 saturated heterocycles. The van der Waals surface area contributed by atoms with Gasteiger partial charge in [-0.3, -0.25) is 4.79 Å². The fourth-order valence-corrected chi connectivity index (χ4v) is 2.02. The van der Waals surface area contributed by atoms with Gasteiger partial charge in [0, 0.05) is 11.1 Å². The molecule has 1 aromatic rings.